The second-order valence-corrected chi connectivity index (χ2v) is 0. The molecule has 0 aromatic heterocycles. The van der Waals surface area contributed by atoms with E-state index in [1.54, 1.807) is 0 Å². The smallest absolute Gasteiger partial charge is 0.870 e. The van der Waals surface area contributed by atoms with Gasteiger partial charge in [0.15, 0.2) is 0 Å². The van der Waals surface area contributed by atoms with E-state index in [1.165, 1.54) is 0 Å². The van der Waals surface area contributed by atoms with Crippen LogP contribution in [0.4, 0.5) is 0 Å². The van der Waals surface area contributed by atoms with Crippen molar-refractivity contribution in [3.05, 3.63) is 0 Å². The molecule has 4 heavy (non-hydrogen) atoms. The third-order valence-corrected chi connectivity index (χ3v) is 0. The molecule has 0 aliphatic heterocycles. The van der Waals surface area contributed by atoms with Crippen molar-refractivity contribution in [1.29, 1.82) is 0 Å². The molecule has 4 heteroatoms. The molecule has 0 unspecified atom stereocenters. The number of rotatable bonds is 0. The summed E-state index contributed by atoms with van der Waals surface area (Å²) in [5, 5.41) is 0. The Kier molecular flexibility index (Phi) is 146. The fourth-order valence-corrected chi connectivity index (χ4v) is 0. The van der Waals surface area contributed by atoms with E-state index < -0.39 is 0 Å². The summed E-state index contributed by atoms with van der Waals surface area (Å²) >= 11 is 0. The van der Waals surface area contributed by atoms with Gasteiger partial charge in [0.1, 0.15) is 0 Å². The molecule has 0 bridgehead atoms. The minimum absolute atomic E-state index is 0. The molecule has 0 saturated carbocycles. The van der Waals surface area contributed by atoms with Crippen LogP contribution >= 0.6 is 0 Å². The molecule has 0 aliphatic carbocycles. The van der Waals surface area contributed by atoms with Crippen molar-refractivity contribution in [1.82, 2.24) is 0 Å². The van der Waals surface area contributed by atoms with Crippen molar-refractivity contribution >= 4 is 48.9 Å². The molecule has 0 fully saturated rings. The van der Waals surface area contributed by atoms with Crippen LogP contribution in [-0.2, 0) is 27.3 Å². The van der Waals surface area contributed by atoms with Crippen LogP contribution in [0.15, 0.2) is 0 Å². The molecule has 0 amide bonds. The van der Waals surface area contributed by atoms with Crippen LogP contribution in [0.1, 0.15) is 0 Å². The number of hydrogen-bond acceptors (Lipinski definition) is 2. The topological polar surface area (TPSA) is 60.0 Å². The largest absolute Gasteiger partial charge is 2.00 e. The quantitative estimate of drug-likeness (QED) is 0.550. The summed E-state index contributed by atoms with van der Waals surface area (Å²) in [6.07, 6.45) is 0. The Bertz CT molecular complexity index is 6.00. The zero-order valence-electron chi connectivity index (χ0n) is 2.31. The van der Waals surface area contributed by atoms with Gasteiger partial charge in [-0.2, -0.15) is 0 Å². The van der Waals surface area contributed by atoms with Gasteiger partial charge in [-0.15, -0.1) is 0 Å². The zero-order chi connectivity index (χ0) is 0. The van der Waals surface area contributed by atoms with Crippen LogP contribution in [0.5, 0.6) is 0 Å². The summed E-state index contributed by atoms with van der Waals surface area (Å²) in [7, 11) is 0. The van der Waals surface area contributed by atoms with Gasteiger partial charge in [0.05, 0.1) is 0 Å². The third-order valence-electron chi connectivity index (χ3n) is 0. The van der Waals surface area contributed by atoms with Crippen LogP contribution in [0.2, 0.25) is 0 Å². The zero-order valence-corrected chi connectivity index (χ0v) is 10.8. The van der Waals surface area contributed by atoms with Crippen LogP contribution in [0.25, 0.3) is 0 Å². The Morgan fingerprint density at radius 1 is 0.750 bits per heavy atom. The Morgan fingerprint density at radius 3 is 0.750 bits per heavy atom. The van der Waals surface area contributed by atoms with Gasteiger partial charge in [-0.05, 0) is 0 Å². The summed E-state index contributed by atoms with van der Waals surface area (Å²) in [5.74, 6) is 0. The maximum Gasteiger partial charge on any atom is 2.00 e. The predicted octanol–water partition coefficient (Wildman–Crippen LogP) is -0.737. The maximum atomic E-state index is 0. The molecular formula is H2BaCdO2+2. The first-order chi connectivity index (χ1) is 0. The first-order valence-electron chi connectivity index (χ1n) is 0. The molecule has 2 N–H and O–H groups in total. The van der Waals surface area contributed by atoms with Gasteiger partial charge >= 0.3 is 76.2 Å². The van der Waals surface area contributed by atoms with E-state index in [0.29, 0.717) is 0 Å². The van der Waals surface area contributed by atoms with E-state index in [-0.39, 0.29) is 87.1 Å². The van der Waals surface area contributed by atoms with Crippen molar-refractivity contribution in [2.75, 3.05) is 0 Å². The van der Waals surface area contributed by atoms with Gasteiger partial charge in [-0.1, -0.05) is 0 Å². The molecule has 0 rings (SSSR count). The molecule has 0 atom stereocenters. The van der Waals surface area contributed by atoms with E-state index in [1.807, 2.05) is 0 Å². The van der Waals surface area contributed by atoms with Gasteiger partial charge in [0, 0.05) is 0 Å². The molecule has 2 nitrogen and oxygen atoms in total. The van der Waals surface area contributed by atoms with Crippen LogP contribution in [0, 0.1) is 0 Å². The molecule has 0 aromatic carbocycles. The van der Waals surface area contributed by atoms with Gasteiger partial charge in [-0.3, -0.25) is 0 Å². The Hall–Kier alpha value is 2.41. The minimum Gasteiger partial charge on any atom is -0.870 e. The van der Waals surface area contributed by atoms with Crippen molar-refractivity contribution < 1.29 is 38.3 Å². The third kappa shape index (κ3) is 8.83. The minimum atomic E-state index is 0. The van der Waals surface area contributed by atoms with Crippen molar-refractivity contribution in [2.45, 2.75) is 0 Å². The summed E-state index contributed by atoms with van der Waals surface area (Å²) in [6, 6.07) is 0. The molecule has 0 spiro atoms. The Balaban J connectivity index is 0. The van der Waals surface area contributed by atoms with Gasteiger partial charge in [-0.25, -0.2) is 0 Å². The standard InChI is InChI=1S/Ba.Cd.2H2O/h;;2*1H2/q2*+2;;/p-2. The van der Waals surface area contributed by atoms with Crippen molar-refractivity contribution in [2.24, 2.45) is 0 Å². The van der Waals surface area contributed by atoms with Crippen molar-refractivity contribution in [3.8, 4) is 0 Å². The molecule has 0 heterocycles. The Labute approximate surface area is 85.2 Å². The molecule has 0 radical (unpaired) electrons. The van der Waals surface area contributed by atoms with E-state index in [2.05, 4.69) is 0 Å². The maximum absolute atomic E-state index is 0. The van der Waals surface area contributed by atoms with Gasteiger partial charge in [0.25, 0.3) is 0 Å². The van der Waals surface area contributed by atoms with Crippen LogP contribution < -0.4 is 0 Å². The van der Waals surface area contributed by atoms with Gasteiger partial charge in [0.2, 0.25) is 0 Å². The summed E-state index contributed by atoms with van der Waals surface area (Å²) in [6.45, 7) is 0. The second-order valence-electron chi connectivity index (χ2n) is 0. The molecule has 16 valence electrons. The predicted molar refractivity (Wildman–Crippen MR) is 9.63 cm³/mol. The summed E-state index contributed by atoms with van der Waals surface area (Å²) < 4.78 is 0. The molecule has 0 aromatic rings. The SMILES string of the molecule is [Ba+2].[Cd+2].[OH-].[OH-]. The normalized spacial score (nSPS) is 0. The first-order valence-corrected chi connectivity index (χ1v) is 0. The monoisotopic (exact) mass is 286 g/mol. The molecule has 0 saturated heterocycles. The van der Waals surface area contributed by atoms with E-state index in [0.717, 1.165) is 0 Å². The average molecular weight is 284 g/mol. The van der Waals surface area contributed by atoms with Crippen LogP contribution in [0.3, 0.4) is 0 Å². The fraction of sp³-hybridized carbons (Fsp3) is 0. The molecule has 0 aliphatic rings. The summed E-state index contributed by atoms with van der Waals surface area (Å²) in [4.78, 5) is 0. The second kappa shape index (κ2) is 18.1. The average Bonchev–Trinajstić information content (AvgIpc) is 0. The number of hydrogen-bond donors (Lipinski definition) is 0. The van der Waals surface area contributed by atoms with E-state index in [9.17, 15) is 0 Å². The van der Waals surface area contributed by atoms with Crippen LogP contribution in [-0.4, -0.2) is 59.8 Å². The fourth-order valence-electron chi connectivity index (χ4n) is 0. The van der Waals surface area contributed by atoms with E-state index >= 15 is 0 Å². The summed E-state index contributed by atoms with van der Waals surface area (Å²) in [5.41, 5.74) is 0. The van der Waals surface area contributed by atoms with E-state index in [4.69, 9.17) is 0 Å². The molecular weight excluding hydrogens is 282 g/mol. The van der Waals surface area contributed by atoms with Gasteiger partial charge < -0.3 is 11.0 Å². The first kappa shape index (κ1) is 32.3. The van der Waals surface area contributed by atoms with Crippen molar-refractivity contribution in [3.63, 3.8) is 0 Å². The Morgan fingerprint density at radius 2 is 0.750 bits per heavy atom.